The smallest absolute Gasteiger partial charge is 0.422 e. The van der Waals surface area contributed by atoms with Gasteiger partial charge in [-0.25, -0.2) is 4.79 Å². The normalized spacial score (nSPS) is 11.3. The van der Waals surface area contributed by atoms with Crippen LogP contribution < -0.4 is 4.74 Å². The quantitative estimate of drug-likeness (QED) is 0.157. The van der Waals surface area contributed by atoms with Crippen molar-refractivity contribution in [2.24, 2.45) is 0 Å². The van der Waals surface area contributed by atoms with E-state index >= 15 is 0 Å². The molecule has 0 aliphatic heterocycles. The summed E-state index contributed by atoms with van der Waals surface area (Å²) in [6.07, 6.45) is -1.44. The van der Waals surface area contributed by atoms with E-state index < -0.39 is 29.2 Å². The van der Waals surface area contributed by atoms with Crippen molar-refractivity contribution in [2.45, 2.75) is 6.18 Å². The molecule has 0 radical (unpaired) electrons. The van der Waals surface area contributed by atoms with Gasteiger partial charge in [0.25, 0.3) is 5.69 Å². The van der Waals surface area contributed by atoms with Crippen molar-refractivity contribution in [3.05, 3.63) is 81.9 Å². The third-order valence-electron chi connectivity index (χ3n) is 3.63. The van der Waals surface area contributed by atoms with Crippen molar-refractivity contribution in [1.29, 1.82) is 0 Å². The number of non-ortho nitro benzene ring substituents is 1. The number of nitro benzene ring substituents is 1. The van der Waals surface area contributed by atoms with Crippen molar-refractivity contribution >= 4 is 23.8 Å². The molecule has 0 unspecified atom stereocenters. The summed E-state index contributed by atoms with van der Waals surface area (Å²) < 4.78 is 47.0. The van der Waals surface area contributed by atoms with E-state index in [1.54, 1.807) is 12.2 Å². The molecule has 0 amide bonds. The lowest BCUT2D eigenvalue weighted by Crippen LogP contribution is -2.22. The third kappa shape index (κ3) is 6.49. The molecule has 0 atom stereocenters. The maximum absolute atomic E-state index is 12.4. The molecule has 0 heterocycles. The van der Waals surface area contributed by atoms with Crippen molar-refractivity contribution < 1.29 is 32.4 Å². The highest BCUT2D eigenvalue weighted by molar-refractivity contribution is 5.89. The summed E-state index contributed by atoms with van der Waals surface area (Å²) in [5.41, 5.74) is -0.458. The number of nitro groups is 1. The molecule has 2 aromatic rings. The molecule has 0 bridgehead atoms. The molecule has 0 saturated carbocycles. The molecule has 29 heavy (non-hydrogen) atoms. The summed E-state index contributed by atoms with van der Waals surface area (Å²) in [4.78, 5) is 21.6. The minimum absolute atomic E-state index is 0.122. The topological polar surface area (TPSA) is 78.7 Å². The Bertz CT molecular complexity index is 923. The summed E-state index contributed by atoms with van der Waals surface area (Å²) in [7, 11) is 0. The highest BCUT2D eigenvalue weighted by Gasteiger charge is 2.37. The van der Waals surface area contributed by atoms with E-state index in [0.717, 1.165) is 5.56 Å². The number of nitrogens with zero attached hydrogens (tertiary/aromatic N) is 1. The Morgan fingerprint density at radius 3 is 2.41 bits per heavy atom. The van der Waals surface area contributed by atoms with E-state index in [0.29, 0.717) is 5.56 Å². The second-order valence-electron chi connectivity index (χ2n) is 5.68. The SMILES string of the molecule is C=C(C(=O)OCCOc1cc([N+](=O)[O-])ccc1C=Cc1ccccc1)C(F)(F)F. The largest absolute Gasteiger partial charge is 0.489 e. The molecule has 0 aliphatic carbocycles. The van der Waals surface area contributed by atoms with Gasteiger partial charge >= 0.3 is 12.1 Å². The van der Waals surface area contributed by atoms with Crippen molar-refractivity contribution in [1.82, 2.24) is 0 Å². The van der Waals surface area contributed by atoms with E-state index in [4.69, 9.17) is 4.74 Å². The lowest BCUT2D eigenvalue weighted by atomic mass is 10.1. The lowest BCUT2D eigenvalue weighted by molar-refractivity contribution is -0.384. The number of rotatable bonds is 8. The first-order valence-corrected chi connectivity index (χ1v) is 8.26. The van der Waals surface area contributed by atoms with Crippen LogP contribution in [0, 0.1) is 10.1 Å². The Kier molecular flexibility index (Phi) is 7.13. The van der Waals surface area contributed by atoms with Crippen LogP contribution >= 0.6 is 0 Å². The Labute approximate surface area is 164 Å². The molecular weight excluding hydrogens is 391 g/mol. The van der Waals surface area contributed by atoms with Gasteiger partial charge in [0, 0.05) is 11.6 Å². The second-order valence-corrected chi connectivity index (χ2v) is 5.68. The maximum atomic E-state index is 12.4. The number of carbonyl (C=O) groups is 1. The molecule has 152 valence electrons. The Morgan fingerprint density at radius 1 is 1.10 bits per heavy atom. The van der Waals surface area contributed by atoms with Gasteiger partial charge in [-0.2, -0.15) is 13.2 Å². The summed E-state index contributed by atoms with van der Waals surface area (Å²) >= 11 is 0. The molecule has 0 aliphatic rings. The van der Waals surface area contributed by atoms with Crippen LogP contribution in [0.3, 0.4) is 0 Å². The molecular formula is C20H16F3NO5. The van der Waals surface area contributed by atoms with E-state index in [1.165, 1.54) is 18.2 Å². The average molecular weight is 407 g/mol. The first-order chi connectivity index (χ1) is 13.7. The minimum atomic E-state index is -4.88. The number of halogens is 3. The van der Waals surface area contributed by atoms with Gasteiger partial charge in [-0.3, -0.25) is 10.1 Å². The number of benzene rings is 2. The first-order valence-electron chi connectivity index (χ1n) is 8.26. The van der Waals surface area contributed by atoms with E-state index in [1.807, 2.05) is 30.3 Å². The van der Waals surface area contributed by atoms with Crippen LogP contribution in [0.15, 0.2) is 60.7 Å². The zero-order chi connectivity index (χ0) is 21.4. The summed E-state index contributed by atoms with van der Waals surface area (Å²) in [5.74, 6) is -1.48. The predicted octanol–water partition coefficient (Wildman–Crippen LogP) is 4.81. The van der Waals surface area contributed by atoms with E-state index in [-0.39, 0.29) is 18.0 Å². The van der Waals surface area contributed by atoms with Crippen LogP contribution in [0.25, 0.3) is 12.2 Å². The van der Waals surface area contributed by atoms with E-state index in [2.05, 4.69) is 11.3 Å². The molecule has 0 aromatic heterocycles. The van der Waals surface area contributed by atoms with Gasteiger partial charge in [0.05, 0.1) is 11.0 Å². The molecule has 2 aromatic carbocycles. The van der Waals surface area contributed by atoms with Gasteiger partial charge < -0.3 is 9.47 Å². The average Bonchev–Trinajstić information content (AvgIpc) is 2.69. The first kappa shape index (κ1) is 21.7. The number of hydrogen-bond donors (Lipinski definition) is 0. The Balaban J connectivity index is 2.06. The lowest BCUT2D eigenvalue weighted by Gasteiger charge is -2.12. The van der Waals surface area contributed by atoms with Crippen LogP contribution in [0.4, 0.5) is 18.9 Å². The van der Waals surface area contributed by atoms with Crippen LogP contribution in [0.2, 0.25) is 0 Å². The van der Waals surface area contributed by atoms with Crippen LogP contribution in [-0.2, 0) is 9.53 Å². The molecule has 0 fully saturated rings. The van der Waals surface area contributed by atoms with Gasteiger partial charge in [0.1, 0.15) is 24.5 Å². The van der Waals surface area contributed by atoms with Crippen LogP contribution in [0.1, 0.15) is 11.1 Å². The van der Waals surface area contributed by atoms with Gasteiger partial charge in [-0.05, 0) is 11.6 Å². The van der Waals surface area contributed by atoms with Gasteiger partial charge in [0.2, 0.25) is 0 Å². The summed E-state index contributed by atoms with van der Waals surface area (Å²) in [5, 5.41) is 11.0. The maximum Gasteiger partial charge on any atom is 0.422 e. The molecule has 0 spiro atoms. The number of ether oxygens (including phenoxy) is 2. The molecule has 6 nitrogen and oxygen atoms in total. The van der Waals surface area contributed by atoms with Crippen molar-refractivity contribution in [3.63, 3.8) is 0 Å². The number of carbonyl (C=O) groups excluding carboxylic acids is 1. The van der Waals surface area contributed by atoms with Crippen molar-refractivity contribution in [2.75, 3.05) is 13.2 Å². The Hall–Kier alpha value is -3.62. The predicted molar refractivity (Wildman–Crippen MR) is 100 cm³/mol. The zero-order valence-corrected chi connectivity index (χ0v) is 15.0. The van der Waals surface area contributed by atoms with Gasteiger partial charge in [-0.15, -0.1) is 0 Å². The zero-order valence-electron chi connectivity index (χ0n) is 15.0. The fraction of sp³-hybridized carbons (Fsp3) is 0.150. The number of esters is 1. The van der Waals surface area contributed by atoms with Crippen LogP contribution in [0.5, 0.6) is 5.75 Å². The number of alkyl halides is 3. The highest BCUT2D eigenvalue weighted by atomic mass is 19.4. The minimum Gasteiger partial charge on any atom is -0.489 e. The fourth-order valence-electron chi connectivity index (χ4n) is 2.14. The molecule has 0 saturated heterocycles. The number of hydrogen-bond acceptors (Lipinski definition) is 5. The van der Waals surface area contributed by atoms with Crippen LogP contribution in [-0.4, -0.2) is 30.3 Å². The standard InChI is InChI=1S/C20H16F3NO5/c1-14(20(21,22)23)19(25)29-12-11-28-18-13-17(24(26)27)10-9-16(18)8-7-15-5-3-2-4-6-15/h2-10,13H,1,11-12H2. The summed E-state index contributed by atoms with van der Waals surface area (Å²) in [6.45, 7) is 1.85. The van der Waals surface area contributed by atoms with Crippen molar-refractivity contribution in [3.8, 4) is 5.75 Å². The third-order valence-corrected chi connectivity index (χ3v) is 3.63. The fourth-order valence-corrected chi connectivity index (χ4v) is 2.14. The van der Waals surface area contributed by atoms with Gasteiger partial charge in [-0.1, -0.05) is 49.1 Å². The van der Waals surface area contributed by atoms with Gasteiger partial charge in [0.15, 0.2) is 0 Å². The second kappa shape index (κ2) is 9.54. The molecule has 0 N–H and O–H groups in total. The monoisotopic (exact) mass is 407 g/mol. The summed E-state index contributed by atoms with van der Waals surface area (Å²) in [6, 6.07) is 13.2. The van der Waals surface area contributed by atoms with E-state index in [9.17, 15) is 28.1 Å². The molecule has 9 heteroatoms. The highest BCUT2D eigenvalue weighted by Crippen LogP contribution is 2.27. The molecule has 2 rings (SSSR count). The Morgan fingerprint density at radius 2 is 1.79 bits per heavy atom.